The number of nitrogens with one attached hydrogen (secondary N) is 3. The van der Waals surface area contributed by atoms with Gasteiger partial charge < -0.3 is 20.5 Å². The molecule has 2 aromatic carbocycles. The van der Waals surface area contributed by atoms with Crippen molar-refractivity contribution in [3.05, 3.63) is 76.9 Å². The molecule has 174 valence electrons. The van der Waals surface area contributed by atoms with Crippen molar-refractivity contribution in [2.45, 2.75) is 32.9 Å². The molecule has 5 rings (SSSR count). The molecule has 3 aromatic rings. The van der Waals surface area contributed by atoms with Crippen LogP contribution in [0.1, 0.15) is 41.2 Å². The van der Waals surface area contributed by atoms with E-state index in [2.05, 4.69) is 29.5 Å². The van der Waals surface area contributed by atoms with Crippen LogP contribution in [-0.2, 0) is 4.79 Å². The number of H-pyrrole nitrogens is 1. The van der Waals surface area contributed by atoms with Gasteiger partial charge in [-0.2, -0.15) is 0 Å². The fourth-order valence-electron chi connectivity index (χ4n) is 5.00. The highest BCUT2D eigenvalue weighted by atomic mass is 19.1. The molecule has 0 saturated carbocycles. The minimum absolute atomic E-state index is 0.0718. The smallest absolute Gasteiger partial charge is 0.256 e. The number of rotatable bonds is 3. The first-order chi connectivity index (χ1) is 16.3. The van der Waals surface area contributed by atoms with Crippen LogP contribution in [0.15, 0.2) is 48.5 Å². The Morgan fingerprint density at radius 1 is 1.06 bits per heavy atom. The monoisotopic (exact) mass is 458 g/mol. The van der Waals surface area contributed by atoms with Crippen LogP contribution in [0, 0.1) is 12.7 Å². The molecule has 0 bridgehead atoms. The first-order valence-corrected chi connectivity index (χ1v) is 11.5. The maximum Gasteiger partial charge on any atom is 0.256 e. The summed E-state index contributed by atoms with van der Waals surface area (Å²) in [5.74, 6) is -0.714. The number of hydrogen-bond acceptors (Lipinski definition) is 3. The molecule has 2 amide bonds. The zero-order chi connectivity index (χ0) is 24.0. The van der Waals surface area contributed by atoms with E-state index in [1.165, 1.54) is 6.07 Å². The van der Waals surface area contributed by atoms with Crippen molar-refractivity contribution in [1.29, 1.82) is 0 Å². The van der Waals surface area contributed by atoms with E-state index in [4.69, 9.17) is 0 Å². The van der Waals surface area contributed by atoms with E-state index in [9.17, 15) is 14.0 Å². The van der Waals surface area contributed by atoms with Gasteiger partial charge in [0.1, 0.15) is 5.82 Å². The second-order valence-corrected chi connectivity index (χ2v) is 9.18. The number of aryl methyl sites for hydroxylation is 1. The lowest BCUT2D eigenvalue weighted by atomic mass is 9.94. The molecule has 7 heteroatoms. The summed E-state index contributed by atoms with van der Waals surface area (Å²) in [5, 5.41) is 6.32. The highest BCUT2D eigenvalue weighted by Crippen LogP contribution is 2.41. The number of aromatic nitrogens is 1. The molecule has 1 fully saturated rings. The Kier molecular flexibility index (Phi) is 5.57. The van der Waals surface area contributed by atoms with Gasteiger partial charge in [0.05, 0.1) is 16.8 Å². The predicted molar refractivity (Wildman–Crippen MR) is 132 cm³/mol. The lowest BCUT2D eigenvalue weighted by molar-refractivity contribution is -0.110. The average Bonchev–Trinajstić information content (AvgIpc) is 3.32. The Labute approximate surface area is 197 Å². The van der Waals surface area contributed by atoms with Crippen molar-refractivity contribution in [3.8, 4) is 11.1 Å². The maximum absolute atomic E-state index is 14.7. The number of halogens is 1. The lowest BCUT2D eigenvalue weighted by Gasteiger charge is -2.36. The highest BCUT2D eigenvalue weighted by Gasteiger charge is 2.31. The van der Waals surface area contributed by atoms with E-state index in [-0.39, 0.29) is 29.7 Å². The summed E-state index contributed by atoms with van der Waals surface area (Å²) in [4.78, 5) is 31.5. The van der Waals surface area contributed by atoms with E-state index < -0.39 is 0 Å². The largest absolute Gasteiger partial charge is 0.358 e. The van der Waals surface area contributed by atoms with Gasteiger partial charge in [-0.25, -0.2) is 4.39 Å². The average molecular weight is 459 g/mol. The van der Waals surface area contributed by atoms with Crippen molar-refractivity contribution in [2.75, 3.05) is 18.4 Å². The molecule has 0 unspecified atom stereocenters. The van der Waals surface area contributed by atoms with Crippen LogP contribution in [0.5, 0.6) is 0 Å². The standard InChI is InChI=1S/C27H27FN4O2/c1-15-11-20(27(34)32-13-16(2)29-17(3)14-32)24(30-15)12-21-25-19(18-7-4-5-9-22(18)28)8-6-10-23(25)31-26(21)33/h4-12,16-17,29-30H,13-14H2,1-3H3,(H,31,33)/t16-,17-/m1/s1. The molecule has 6 nitrogen and oxygen atoms in total. The van der Waals surface area contributed by atoms with Crippen LogP contribution >= 0.6 is 0 Å². The normalized spacial score (nSPS) is 21.0. The van der Waals surface area contributed by atoms with Gasteiger partial charge >= 0.3 is 0 Å². The van der Waals surface area contributed by atoms with Crippen LogP contribution in [0.3, 0.4) is 0 Å². The third-order valence-corrected chi connectivity index (χ3v) is 6.34. The molecule has 0 radical (unpaired) electrons. The number of amides is 2. The van der Waals surface area contributed by atoms with Crippen molar-refractivity contribution in [2.24, 2.45) is 0 Å². The molecular formula is C27H27FN4O2. The van der Waals surface area contributed by atoms with Crippen molar-refractivity contribution >= 4 is 29.2 Å². The van der Waals surface area contributed by atoms with Gasteiger partial charge in [0.15, 0.2) is 0 Å². The number of anilines is 1. The fraction of sp³-hybridized carbons (Fsp3) is 0.259. The molecule has 3 N–H and O–H groups in total. The molecule has 2 aliphatic rings. The third kappa shape index (κ3) is 3.92. The van der Waals surface area contributed by atoms with Crippen molar-refractivity contribution in [3.63, 3.8) is 0 Å². The summed E-state index contributed by atoms with van der Waals surface area (Å²) >= 11 is 0. The molecular weight excluding hydrogens is 431 g/mol. The minimum Gasteiger partial charge on any atom is -0.358 e. The van der Waals surface area contributed by atoms with Gasteiger partial charge in [-0.3, -0.25) is 9.59 Å². The fourth-order valence-corrected chi connectivity index (χ4v) is 5.00. The van der Waals surface area contributed by atoms with Crippen LogP contribution in [0.2, 0.25) is 0 Å². The van der Waals surface area contributed by atoms with Gasteiger partial charge in [0, 0.05) is 47.7 Å². The quantitative estimate of drug-likeness (QED) is 0.508. The Bertz CT molecular complexity index is 1320. The van der Waals surface area contributed by atoms with Crippen LogP contribution in [-0.4, -0.2) is 46.9 Å². The van der Waals surface area contributed by atoms with E-state index >= 15 is 0 Å². The van der Waals surface area contributed by atoms with E-state index in [1.807, 2.05) is 17.9 Å². The minimum atomic E-state index is -0.358. The Morgan fingerprint density at radius 3 is 2.50 bits per heavy atom. The molecule has 0 spiro atoms. The number of piperazine rings is 1. The number of benzene rings is 2. The van der Waals surface area contributed by atoms with Crippen LogP contribution in [0.25, 0.3) is 22.8 Å². The topological polar surface area (TPSA) is 77.2 Å². The summed E-state index contributed by atoms with van der Waals surface area (Å²) < 4.78 is 14.7. The molecule has 3 heterocycles. The Morgan fingerprint density at radius 2 is 1.76 bits per heavy atom. The Balaban J connectivity index is 1.59. The second-order valence-electron chi connectivity index (χ2n) is 9.18. The van der Waals surface area contributed by atoms with Gasteiger partial charge in [0.2, 0.25) is 0 Å². The first kappa shape index (κ1) is 22.1. The summed E-state index contributed by atoms with van der Waals surface area (Å²) in [7, 11) is 0. The van der Waals surface area contributed by atoms with Gasteiger partial charge in [-0.1, -0.05) is 30.3 Å². The number of aromatic amines is 1. The zero-order valence-corrected chi connectivity index (χ0v) is 19.4. The highest BCUT2D eigenvalue weighted by molar-refractivity contribution is 6.36. The van der Waals surface area contributed by atoms with Gasteiger partial charge in [-0.15, -0.1) is 0 Å². The van der Waals surface area contributed by atoms with Crippen LogP contribution in [0.4, 0.5) is 10.1 Å². The summed E-state index contributed by atoms with van der Waals surface area (Å²) in [6.45, 7) is 7.24. The molecule has 0 aliphatic carbocycles. The molecule has 1 saturated heterocycles. The number of hydrogen-bond donors (Lipinski definition) is 3. The van der Waals surface area contributed by atoms with E-state index in [0.717, 1.165) is 5.69 Å². The summed E-state index contributed by atoms with van der Waals surface area (Å²) in [5.41, 5.74) is 4.62. The number of carbonyl (C=O) groups excluding carboxylic acids is 2. The predicted octanol–water partition coefficient (Wildman–Crippen LogP) is 4.44. The summed E-state index contributed by atoms with van der Waals surface area (Å²) in [6, 6.07) is 14.1. The molecule has 2 atom stereocenters. The number of carbonyl (C=O) groups is 2. The summed E-state index contributed by atoms with van der Waals surface area (Å²) in [6.07, 6.45) is 1.71. The SMILES string of the molecule is Cc1cc(C(=O)N2C[C@@H](C)N[C@H](C)C2)c(C=C2C(=O)Nc3cccc(-c4ccccc4F)c32)[nH]1. The number of fused-ring (bicyclic) bond motifs is 1. The Hall–Kier alpha value is -3.71. The van der Waals surface area contributed by atoms with Crippen molar-refractivity contribution in [1.82, 2.24) is 15.2 Å². The number of nitrogens with zero attached hydrogens (tertiary/aromatic N) is 1. The zero-order valence-electron chi connectivity index (χ0n) is 19.4. The molecule has 2 aliphatic heterocycles. The van der Waals surface area contributed by atoms with Gasteiger partial charge in [-0.05, 0) is 50.6 Å². The second kappa shape index (κ2) is 8.57. The van der Waals surface area contributed by atoms with E-state index in [1.54, 1.807) is 42.5 Å². The van der Waals surface area contributed by atoms with Gasteiger partial charge in [0.25, 0.3) is 11.8 Å². The third-order valence-electron chi connectivity index (χ3n) is 6.34. The molecule has 34 heavy (non-hydrogen) atoms. The maximum atomic E-state index is 14.7. The van der Waals surface area contributed by atoms with Crippen LogP contribution < -0.4 is 10.6 Å². The molecule has 1 aromatic heterocycles. The van der Waals surface area contributed by atoms with Crippen molar-refractivity contribution < 1.29 is 14.0 Å². The van der Waals surface area contributed by atoms with E-state index in [0.29, 0.717) is 52.3 Å². The lowest BCUT2D eigenvalue weighted by Crippen LogP contribution is -2.55. The first-order valence-electron chi connectivity index (χ1n) is 11.5.